The first-order chi connectivity index (χ1) is 13.8. The van der Waals surface area contributed by atoms with Crippen molar-refractivity contribution >= 4 is 17.5 Å². The number of rotatable bonds is 9. The molecule has 6 heteroatoms. The summed E-state index contributed by atoms with van der Waals surface area (Å²) in [6.45, 7) is 6.33. The fraction of sp³-hybridized carbons (Fsp3) is 0.391. The van der Waals surface area contributed by atoms with Crippen molar-refractivity contribution < 1.29 is 14.3 Å². The number of anilines is 1. The predicted octanol–water partition coefficient (Wildman–Crippen LogP) is 3.09. The minimum absolute atomic E-state index is 0.0594. The lowest BCUT2D eigenvalue weighted by Crippen LogP contribution is -2.52. The van der Waals surface area contributed by atoms with E-state index in [9.17, 15) is 9.59 Å². The van der Waals surface area contributed by atoms with Gasteiger partial charge < -0.3 is 20.3 Å². The van der Waals surface area contributed by atoms with Gasteiger partial charge in [-0.15, -0.1) is 0 Å². The van der Waals surface area contributed by atoms with Gasteiger partial charge in [0, 0.05) is 25.3 Å². The fourth-order valence-electron chi connectivity index (χ4n) is 3.00. The molecular weight excluding hydrogens is 366 g/mol. The third kappa shape index (κ3) is 5.98. The van der Waals surface area contributed by atoms with Gasteiger partial charge in [0.05, 0.1) is 12.7 Å². The van der Waals surface area contributed by atoms with Gasteiger partial charge in [-0.05, 0) is 37.1 Å². The van der Waals surface area contributed by atoms with Crippen LogP contribution < -0.4 is 20.3 Å². The zero-order valence-corrected chi connectivity index (χ0v) is 17.8. The highest BCUT2D eigenvalue weighted by Gasteiger charge is 2.26. The molecule has 0 aromatic heterocycles. The van der Waals surface area contributed by atoms with Crippen molar-refractivity contribution in [2.45, 2.75) is 32.9 Å². The number of nitrogens with zero attached hydrogens (tertiary/aromatic N) is 1. The normalized spacial score (nSPS) is 12.8. The highest BCUT2D eigenvalue weighted by Crippen LogP contribution is 2.18. The lowest BCUT2D eigenvalue weighted by atomic mass is 10.0. The van der Waals surface area contributed by atoms with Crippen LogP contribution in [0.3, 0.4) is 0 Å². The van der Waals surface area contributed by atoms with Gasteiger partial charge in [0.15, 0.2) is 0 Å². The van der Waals surface area contributed by atoms with E-state index in [1.807, 2.05) is 58.2 Å². The highest BCUT2D eigenvalue weighted by molar-refractivity contribution is 5.99. The van der Waals surface area contributed by atoms with Crippen molar-refractivity contribution in [1.82, 2.24) is 10.6 Å². The third-order valence-electron chi connectivity index (χ3n) is 4.98. The van der Waals surface area contributed by atoms with Gasteiger partial charge in [-0.25, -0.2) is 0 Å². The first-order valence-corrected chi connectivity index (χ1v) is 9.84. The van der Waals surface area contributed by atoms with Crippen LogP contribution in [0.15, 0.2) is 54.6 Å². The van der Waals surface area contributed by atoms with Crippen LogP contribution in [0.4, 0.5) is 5.69 Å². The molecule has 2 aromatic carbocycles. The van der Waals surface area contributed by atoms with Crippen LogP contribution in [0.1, 0.15) is 31.1 Å². The molecule has 2 unspecified atom stereocenters. The number of hydrogen-bond acceptors (Lipinski definition) is 4. The minimum atomic E-state index is -0.637. The number of nitrogens with one attached hydrogen (secondary N) is 2. The largest absolute Gasteiger partial charge is 0.496 e. The number of likely N-dealkylation sites (N-methyl/N-ethyl adjacent to an activating group) is 1. The molecule has 2 N–H and O–H groups in total. The van der Waals surface area contributed by atoms with Gasteiger partial charge in [-0.1, -0.05) is 44.2 Å². The Hall–Kier alpha value is -3.02. The Labute approximate surface area is 173 Å². The number of hydrogen-bond donors (Lipinski definition) is 2. The van der Waals surface area contributed by atoms with Crippen LogP contribution in [-0.2, 0) is 4.79 Å². The van der Waals surface area contributed by atoms with E-state index in [0.29, 0.717) is 17.9 Å². The molecule has 0 aliphatic heterocycles. The summed E-state index contributed by atoms with van der Waals surface area (Å²) in [5, 5.41) is 5.82. The van der Waals surface area contributed by atoms with Gasteiger partial charge in [-0.2, -0.15) is 0 Å². The lowest BCUT2D eigenvalue weighted by molar-refractivity contribution is -0.124. The van der Waals surface area contributed by atoms with Crippen LogP contribution in [-0.4, -0.2) is 44.6 Å². The van der Waals surface area contributed by atoms with E-state index in [1.165, 1.54) is 7.11 Å². The maximum Gasteiger partial charge on any atom is 0.255 e. The van der Waals surface area contributed by atoms with Gasteiger partial charge in [-0.3, -0.25) is 9.59 Å². The number of carbonyl (C=O) groups is 2. The molecule has 0 aliphatic rings. The smallest absolute Gasteiger partial charge is 0.255 e. The van der Waals surface area contributed by atoms with E-state index in [0.717, 1.165) is 5.69 Å². The average Bonchev–Trinajstić information content (AvgIpc) is 2.75. The minimum Gasteiger partial charge on any atom is -0.496 e. The van der Waals surface area contributed by atoms with Crippen molar-refractivity contribution in [1.29, 1.82) is 0 Å². The van der Waals surface area contributed by atoms with E-state index >= 15 is 0 Å². The van der Waals surface area contributed by atoms with Crippen LogP contribution in [0.25, 0.3) is 0 Å². The summed E-state index contributed by atoms with van der Waals surface area (Å²) in [5.74, 6) is -0.107. The lowest BCUT2D eigenvalue weighted by Gasteiger charge is -2.28. The van der Waals surface area contributed by atoms with Crippen molar-refractivity contribution in [3.63, 3.8) is 0 Å². The van der Waals surface area contributed by atoms with Crippen LogP contribution >= 0.6 is 0 Å². The van der Waals surface area contributed by atoms with Gasteiger partial charge >= 0.3 is 0 Å². The number of methoxy groups -OCH3 is 1. The molecule has 0 fully saturated rings. The summed E-state index contributed by atoms with van der Waals surface area (Å²) in [4.78, 5) is 27.6. The molecule has 2 aromatic rings. The highest BCUT2D eigenvalue weighted by atomic mass is 16.5. The molecule has 0 heterocycles. The maximum atomic E-state index is 12.8. The molecule has 0 radical (unpaired) electrons. The van der Waals surface area contributed by atoms with Crippen molar-refractivity contribution in [2.75, 3.05) is 25.6 Å². The molecule has 2 atom stereocenters. The monoisotopic (exact) mass is 397 g/mol. The molecule has 0 saturated carbocycles. The first kappa shape index (κ1) is 22.3. The Morgan fingerprint density at radius 2 is 1.62 bits per heavy atom. The van der Waals surface area contributed by atoms with Crippen LogP contribution in [0.5, 0.6) is 5.75 Å². The van der Waals surface area contributed by atoms with Crippen molar-refractivity contribution in [2.24, 2.45) is 5.92 Å². The number of para-hydroxylation sites is 2. The topological polar surface area (TPSA) is 70.7 Å². The Bertz CT molecular complexity index is 808. The SMILES string of the molecule is COc1ccccc1C(=O)NC(C(=O)NCC(C)N(C)c1ccccc1)C(C)C. The summed E-state index contributed by atoms with van der Waals surface area (Å²) >= 11 is 0. The molecule has 0 aliphatic carbocycles. The molecular formula is C23H31N3O3. The number of ether oxygens (including phenoxy) is 1. The Morgan fingerprint density at radius 3 is 2.24 bits per heavy atom. The van der Waals surface area contributed by atoms with Crippen molar-refractivity contribution in [3.8, 4) is 5.75 Å². The van der Waals surface area contributed by atoms with E-state index in [-0.39, 0.29) is 23.8 Å². The molecule has 29 heavy (non-hydrogen) atoms. The Morgan fingerprint density at radius 1 is 1.00 bits per heavy atom. The van der Waals surface area contributed by atoms with E-state index in [4.69, 9.17) is 4.74 Å². The summed E-state index contributed by atoms with van der Waals surface area (Å²) < 4.78 is 5.25. The zero-order valence-electron chi connectivity index (χ0n) is 17.8. The van der Waals surface area contributed by atoms with Crippen molar-refractivity contribution in [3.05, 3.63) is 60.2 Å². The zero-order chi connectivity index (χ0) is 21.4. The third-order valence-corrected chi connectivity index (χ3v) is 4.98. The van der Waals surface area contributed by atoms with E-state index in [2.05, 4.69) is 15.5 Å². The second kappa shape index (κ2) is 10.5. The average molecular weight is 398 g/mol. The van der Waals surface area contributed by atoms with Crippen LogP contribution in [0.2, 0.25) is 0 Å². The number of carbonyl (C=O) groups excluding carboxylic acids is 2. The standard InChI is InChI=1S/C23H31N3O3/c1-16(2)21(25-22(27)19-13-9-10-14-20(19)29-5)23(28)24-15-17(3)26(4)18-11-7-6-8-12-18/h6-14,16-17,21H,15H2,1-5H3,(H,24,28)(H,25,27). The van der Waals surface area contributed by atoms with Gasteiger partial charge in [0.1, 0.15) is 11.8 Å². The molecule has 0 bridgehead atoms. The number of amides is 2. The summed E-state index contributed by atoms with van der Waals surface area (Å²) in [6.07, 6.45) is 0. The predicted molar refractivity (Wildman–Crippen MR) is 116 cm³/mol. The molecule has 0 spiro atoms. The second-order valence-electron chi connectivity index (χ2n) is 7.44. The van der Waals surface area contributed by atoms with E-state index < -0.39 is 6.04 Å². The molecule has 2 rings (SSSR count). The summed E-state index contributed by atoms with van der Waals surface area (Å²) in [7, 11) is 3.51. The maximum absolute atomic E-state index is 12.8. The first-order valence-electron chi connectivity index (χ1n) is 9.84. The molecule has 2 amide bonds. The van der Waals surface area contributed by atoms with Gasteiger partial charge in [0.2, 0.25) is 5.91 Å². The van der Waals surface area contributed by atoms with Crippen LogP contribution in [0, 0.1) is 5.92 Å². The summed E-state index contributed by atoms with van der Waals surface area (Å²) in [6, 6.07) is 16.4. The molecule has 6 nitrogen and oxygen atoms in total. The molecule has 0 saturated heterocycles. The number of benzene rings is 2. The summed E-state index contributed by atoms with van der Waals surface area (Å²) in [5.41, 5.74) is 1.49. The quantitative estimate of drug-likeness (QED) is 0.682. The van der Waals surface area contributed by atoms with Gasteiger partial charge in [0.25, 0.3) is 5.91 Å². The Kier molecular flexibility index (Phi) is 8.07. The molecule has 156 valence electrons. The Balaban J connectivity index is 1.99. The second-order valence-corrected chi connectivity index (χ2v) is 7.44. The van der Waals surface area contributed by atoms with E-state index in [1.54, 1.807) is 24.3 Å². The fourth-order valence-corrected chi connectivity index (χ4v) is 3.00.